The third kappa shape index (κ3) is 6.07. The third-order valence-corrected chi connectivity index (χ3v) is 6.40. The standard InChI is InChI=1S/C26H26F3N3OS/c1-17-8-11-34-25(17)16-30-9-5-10-33-21-14-19(26(27,28)29)13-20(15-21)32-24-12-18(2)31-23-7-4-3-6-22(23)24/h3-4,6-8,11-15,30H,5,9-10,16H2,1-2H3,(H,31,32). The molecule has 8 heteroatoms. The fourth-order valence-electron chi connectivity index (χ4n) is 3.66. The summed E-state index contributed by atoms with van der Waals surface area (Å²) < 4.78 is 46.4. The molecule has 0 saturated heterocycles. The maximum Gasteiger partial charge on any atom is 0.416 e. The van der Waals surface area contributed by atoms with E-state index in [0.29, 0.717) is 30.9 Å². The van der Waals surface area contributed by atoms with Crippen molar-refractivity contribution in [2.75, 3.05) is 18.5 Å². The number of ether oxygens (including phenoxy) is 1. The maximum atomic E-state index is 13.6. The van der Waals surface area contributed by atoms with E-state index in [2.05, 4.69) is 34.0 Å². The smallest absolute Gasteiger partial charge is 0.416 e. The van der Waals surface area contributed by atoms with Crippen LogP contribution in [0.25, 0.3) is 10.9 Å². The molecule has 4 rings (SSSR count). The summed E-state index contributed by atoms with van der Waals surface area (Å²) in [7, 11) is 0. The van der Waals surface area contributed by atoms with Crippen molar-refractivity contribution < 1.29 is 17.9 Å². The Morgan fingerprint density at radius 1 is 1.03 bits per heavy atom. The van der Waals surface area contributed by atoms with Gasteiger partial charge >= 0.3 is 6.18 Å². The predicted octanol–water partition coefficient (Wildman–Crippen LogP) is 7.23. The Kier molecular flexibility index (Phi) is 7.38. The first-order valence-electron chi connectivity index (χ1n) is 11.0. The highest BCUT2D eigenvalue weighted by molar-refractivity contribution is 7.10. The van der Waals surface area contributed by atoms with Crippen molar-refractivity contribution in [3.8, 4) is 5.75 Å². The summed E-state index contributed by atoms with van der Waals surface area (Å²) >= 11 is 1.71. The lowest BCUT2D eigenvalue weighted by atomic mass is 10.1. The number of nitrogens with one attached hydrogen (secondary N) is 2. The quantitative estimate of drug-likeness (QED) is 0.246. The second-order valence-electron chi connectivity index (χ2n) is 8.10. The van der Waals surface area contributed by atoms with Crippen molar-refractivity contribution in [2.45, 2.75) is 33.0 Å². The molecule has 4 nitrogen and oxygen atoms in total. The molecule has 0 atom stereocenters. The minimum atomic E-state index is -4.48. The Morgan fingerprint density at radius 3 is 2.62 bits per heavy atom. The van der Waals surface area contributed by atoms with Crippen molar-refractivity contribution in [1.29, 1.82) is 0 Å². The Bertz CT molecular complexity index is 1270. The van der Waals surface area contributed by atoms with E-state index < -0.39 is 11.7 Å². The first kappa shape index (κ1) is 24.0. The first-order valence-corrected chi connectivity index (χ1v) is 11.9. The molecule has 0 aliphatic rings. The van der Waals surface area contributed by atoms with Gasteiger partial charge in [0, 0.05) is 39.9 Å². The maximum absolute atomic E-state index is 13.6. The Hall–Kier alpha value is -3.10. The van der Waals surface area contributed by atoms with Crippen LogP contribution in [-0.2, 0) is 12.7 Å². The Labute approximate surface area is 200 Å². The average Bonchev–Trinajstić information content (AvgIpc) is 3.20. The van der Waals surface area contributed by atoms with Gasteiger partial charge in [-0.1, -0.05) is 18.2 Å². The lowest BCUT2D eigenvalue weighted by Gasteiger charge is -2.16. The van der Waals surface area contributed by atoms with Gasteiger partial charge in [0.1, 0.15) is 5.75 Å². The van der Waals surface area contributed by atoms with E-state index in [0.717, 1.165) is 35.3 Å². The van der Waals surface area contributed by atoms with Crippen LogP contribution in [0.15, 0.2) is 60.0 Å². The molecule has 0 amide bonds. The lowest BCUT2D eigenvalue weighted by molar-refractivity contribution is -0.137. The summed E-state index contributed by atoms with van der Waals surface area (Å²) in [4.78, 5) is 5.77. The second-order valence-corrected chi connectivity index (χ2v) is 9.10. The average molecular weight is 486 g/mol. The summed E-state index contributed by atoms with van der Waals surface area (Å²) in [5, 5.41) is 9.38. The highest BCUT2D eigenvalue weighted by atomic mass is 32.1. The number of rotatable bonds is 9. The molecular weight excluding hydrogens is 459 g/mol. The van der Waals surface area contributed by atoms with Gasteiger partial charge in [0.25, 0.3) is 0 Å². The molecule has 2 aromatic carbocycles. The van der Waals surface area contributed by atoms with E-state index in [-0.39, 0.29) is 5.75 Å². The van der Waals surface area contributed by atoms with E-state index in [1.807, 2.05) is 37.3 Å². The summed E-state index contributed by atoms with van der Waals surface area (Å²) in [5.74, 6) is 0.182. The van der Waals surface area contributed by atoms with Crippen LogP contribution in [0.4, 0.5) is 24.5 Å². The summed E-state index contributed by atoms with van der Waals surface area (Å²) in [6, 6.07) is 15.2. The topological polar surface area (TPSA) is 46.2 Å². The molecule has 178 valence electrons. The van der Waals surface area contributed by atoms with Gasteiger partial charge in [0.2, 0.25) is 0 Å². The number of aromatic nitrogens is 1. The number of halogens is 3. The number of thiophene rings is 1. The van der Waals surface area contributed by atoms with Crippen molar-refractivity contribution in [3.63, 3.8) is 0 Å². The van der Waals surface area contributed by atoms with Gasteiger partial charge in [-0.2, -0.15) is 13.2 Å². The molecule has 0 radical (unpaired) electrons. The van der Waals surface area contributed by atoms with Crippen LogP contribution >= 0.6 is 11.3 Å². The number of aryl methyl sites for hydroxylation is 2. The van der Waals surface area contributed by atoms with E-state index >= 15 is 0 Å². The van der Waals surface area contributed by atoms with Gasteiger partial charge in [-0.25, -0.2) is 0 Å². The van der Waals surface area contributed by atoms with Gasteiger partial charge in [0.15, 0.2) is 0 Å². The minimum absolute atomic E-state index is 0.182. The van der Waals surface area contributed by atoms with Gasteiger partial charge in [0.05, 0.1) is 17.7 Å². The molecule has 34 heavy (non-hydrogen) atoms. The van der Waals surface area contributed by atoms with Crippen molar-refractivity contribution in [3.05, 3.63) is 81.7 Å². The van der Waals surface area contributed by atoms with E-state index in [1.165, 1.54) is 10.4 Å². The molecule has 4 aromatic rings. The SMILES string of the molecule is Cc1cc(Nc2cc(OCCCNCc3sccc3C)cc(C(F)(F)F)c2)c2ccccc2n1. The highest BCUT2D eigenvalue weighted by Gasteiger charge is 2.31. The van der Waals surface area contributed by atoms with Crippen LogP contribution in [0.3, 0.4) is 0 Å². The number of fused-ring (bicyclic) bond motifs is 1. The first-order chi connectivity index (χ1) is 16.3. The highest BCUT2D eigenvalue weighted by Crippen LogP contribution is 2.36. The number of nitrogens with zero attached hydrogens (tertiary/aromatic N) is 1. The van der Waals surface area contributed by atoms with Crippen LogP contribution in [0, 0.1) is 13.8 Å². The Morgan fingerprint density at radius 2 is 1.85 bits per heavy atom. The van der Waals surface area contributed by atoms with E-state index in [1.54, 1.807) is 17.4 Å². The van der Waals surface area contributed by atoms with Gasteiger partial charge in [-0.3, -0.25) is 4.98 Å². The number of benzene rings is 2. The number of anilines is 2. The lowest BCUT2D eigenvalue weighted by Crippen LogP contribution is -2.17. The molecule has 0 aliphatic carbocycles. The normalized spacial score (nSPS) is 11.7. The predicted molar refractivity (Wildman–Crippen MR) is 132 cm³/mol. The molecule has 0 aliphatic heterocycles. The zero-order chi connectivity index (χ0) is 24.1. The van der Waals surface area contributed by atoms with Gasteiger partial charge in [-0.15, -0.1) is 11.3 Å². The largest absolute Gasteiger partial charge is 0.493 e. The molecular formula is C26H26F3N3OS. The molecule has 0 bridgehead atoms. The monoisotopic (exact) mass is 485 g/mol. The van der Waals surface area contributed by atoms with Crippen LogP contribution in [0.5, 0.6) is 5.75 Å². The molecule has 0 spiro atoms. The van der Waals surface area contributed by atoms with Crippen LogP contribution in [0.1, 0.15) is 28.1 Å². The van der Waals surface area contributed by atoms with E-state index in [4.69, 9.17) is 4.74 Å². The number of hydrogen-bond acceptors (Lipinski definition) is 5. The summed E-state index contributed by atoms with van der Waals surface area (Å²) in [6.45, 7) is 5.73. The minimum Gasteiger partial charge on any atom is -0.493 e. The van der Waals surface area contributed by atoms with Crippen LogP contribution in [0.2, 0.25) is 0 Å². The molecule has 2 heterocycles. The molecule has 0 saturated carbocycles. The zero-order valence-electron chi connectivity index (χ0n) is 19.0. The molecule has 0 fully saturated rings. The summed E-state index contributed by atoms with van der Waals surface area (Å²) in [6.07, 6.45) is -3.80. The number of para-hydroxylation sites is 1. The van der Waals surface area contributed by atoms with Crippen LogP contribution < -0.4 is 15.4 Å². The second kappa shape index (κ2) is 10.4. The third-order valence-electron chi connectivity index (χ3n) is 5.38. The fourth-order valence-corrected chi connectivity index (χ4v) is 4.54. The number of alkyl halides is 3. The number of hydrogen-bond donors (Lipinski definition) is 2. The van der Waals surface area contributed by atoms with Gasteiger partial charge in [-0.05, 0) is 68.1 Å². The van der Waals surface area contributed by atoms with Crippen LogP contribution in [-0.4, -0.2) is 18.1 Å². The van der Waals surface area contributed by atoms with Crippen molar-refractivity contribution in [2.24, 2.45) is 0 Å². The summed E-state index contributed by atoms with van der Waals surface area (Å²) in [5.41, 5.74) is 3.06. The number of pyridine rings is 1. The molecule has 2 N–H and O–H groups in total. The van der Waals surface area contributed by atoms with E-state index in [9.17, 15) is 13.2 Å². The van der Waals surface area contributed by atoms with Crippen molar-refractivity contribution >= 4 is 33.6 Å². The van der Waals surface area contributed by atoms with Gasteiger partial charge < -0.3 is 15.4 Å². The van der Waals surface area contributed by atoms with Crippen molar-refractivity contribution in [1.82, 2.24) is 10.3 Å². The molecule has 2 aromatic heterocycles. The molecule has 0 unspecified atom stereocenters. The zero-order valence-corrected chi connectivity index (χ0v) is 19.8. The Balaban J connectivity index is 1.45. The fraction of sp³-hybridized carbons (Fsp3) is 0.269.